The van der Waals surface area contributed by atoms with E-state index in [4.69, 9.17) is 4.74 Å². The number of aliphatic hydroxyl groups excluding tert-OH is 1. The van der Waals surface area contributed by atoms with Crippen molar-refractivity contribution in [3.8, 4) is 0 Å². The van der Waals surface area contributed by atoms with Gasteiger partial charge in [-0.1, -0.05) is 43.0 Å². The van der Waals surface area contributed by atoms with Gasteiger partial charge < -0.3 is 9.84 Å². The zero-order valence-corrected chi connectivity index (χ0v) is 17.2. The summed E-state index contributed by atoms with van der Waals surface area (Å²) in [6, 6.07) is 11.7. The van der Waals surface area contributed by atoms with E-state index < -0.39 is 12.2 Å². The summed E-state index contributed by atoms with van der Waals surface area (Å²) in [5.41, 5.74) is 1.09. The molecule has 0 aliphatic carbocycles. The molecule has 0 spiro atoms. The van der Waals surface area contributed by atoms with E-state index in [1.165, 1.54) is 40.6 Å². The van der Waals surface area contributed by atoms with Crippen LogP contribution in [0.3, 0.4) is 0 Å². The van der Waals surface area contributed by atoms with Crippen molar-refractivity contribution in [1.82, 2.24) is 14.8 Å². The summed E-state index contributed by atoms with van der Waals surface area (Å²) in [5, 5.41) is 17.3. The maximum atomic E-state index is 13.3. The Morgan fingerprint density at radius 1 is 1.10 bits per heavy atom. The zero-order chi connectivity index (χ0) is 21.5. The summed E-state index contributed by atoms with van der Waals surface area (Å²) in [6.45, 7) is 2.50. The Hall–Kier alpha value is -2.49. The van der Waals surface area contributed by atoms with Gasteiger partial charge in [-0.15, -0.1) is 5.10 Å². The van der Waals surface area contributed by atoms with E-state index >= 15 is 0 Å². The highest BCUT2D eigenvalue weighted by molar-refractivity contribution is 7.99. The summed E-state index contributed by atoms with van der Waals surface area (Å²) in [4.78, 5) is 11.7. The average molecular weight is 435 g/mol. The Morgan fingerprint density at radius 3 is 2.20 bits per heavy atom. The molecule has 160 valence electrons. The molecule has 0 fully saturated rings. The standard InChI is InChI=1S/C21H23F2N3O3S/c1-2-11-26-20(28)24-25-21(26)30-13-18(27)12-29-19(14-3-7-16(22)8-4-14)15-5-9-17(23)10-6-15/h3-10,18-19,27H,2,11-13H2,1H3,(H,24,28). The minimum absolute atomic E-state index is 0.00511. The molecule has 0 aliphatic heterocycles. The van der Waals surface area contributed by atoms with Crippen LogP contribution in [0.5, 0.6) is 0 Å². The number of nitrogens with zero attached hydrogens (tertiary/aromatic N) is 2. The van der Waals surface area contributed by atoms with E-state index in [-0.39, 0.29) is 29.7 Å². The Balaban J connectivity index is 1.65. The number of halogens is 2. The van der Waals surface area contributed by atoms with Crippen molar-refractivity contribution in [2.75, 3.05) is 12.4 Å². The van der Waals surface area contributed by atoms with Crippen LogP contribution in [-0.4, -0.2) is 38.3 Å². The molecular weight excluding hydrogens is 412 g/mol. The molecule has 1 heterocycles. The molecule has 0 saturated heterocycles. The summed E-state index contributed by atoms with van der Waals surface area (Å²) < 4.78 is 34.1. The van der Waals surface area contributed by atoms with Crippen LogP contribution in [0, 0.1) is 11.6 Å². The van der Waals surface area contributed by atoms with Gasteiger partial charge in [-0.3, -0.25) is 4.57 Å². The monoisotopic (exact) mass is 435 g/mol. The largest absolute Gasteiger partial charge is 0.390 e. The fourth-order valence-electron chi connectivity index (χ4n) is 2.92. The zero-order valence-electron chi connectivity index (χ0n) is 16.4. The number of nitrogens with one attached hydrogen (secondary N) is 1. The number of aromatic amines is 1. The van der Waals surface area contributed by atoms with Gasteiger partial charge in [0.15, 0.2) is 5.16 Å². The van der Waals surface area contributed by atoms with Gasteiger partial charge in [-0.05, 0) is 41.8 Å². The molecule has 3 rings (SSSR count). The number of rotatable bonds is 10. The fraction of sp³-hybridized carbons (Fsp3) is 0.333. The molecule has 3 aromatic rings. The SMILES string of the molecule is CCCn1c(SCC(O)COC(c2ccc(F)cc2)c2ccc(F)cc2)n[nH]c1=O. The van der Waals surface area contributed by atoms with Crippen molar-refractivity contribution in [3.05, 3.63) is 81.8 Å². The lowest BCUT2D eigenvalue weighted by Crippen LogP contribution is -2.22. The first-order valence-electron chi connectivity index (χ1n) is 9.56. The Kier molecular flexibility index (Phi) is 7.78. The highest BCUT2D eigenvalue weighted by Gasteiger charge is 2.18. The van der Waals surface area contributed by atoms with Crippen LogP contribution >= 0.6 is 11.8 Å². The lowest BCUT2D eigenvalue weighted by atomic mass is 10.0. The molecule has 0 aliphatic rings. The first-order valence-corrected chi connectivity index (χ1v) is 10.5. The van der Waals surface area contributed by atoms with Crippen molar-refractivity contribution in [3.63, 3.8) is 0 Å². The third kappa shape index (κ3) is 5.78. The number of thioether (sulfide) groups is 1. The van der Waals surface area contributed by atoms with Gasteiger partial charge in [0, 0.05) is 12.3 Å². The van der Waals surface area contributed by atoms with Crippen molar-refractivity contribution < 1.29 is 18.6 Å². The Labute approximate surface area is 176 Å². The molecule has 2 aromatic carbocycles. The molecule has 30 heavy (non-hydrogen) atoms. The van der Waals surface area contributed by atoms with Crippen LogP contribution in [0.15, 0.2) is 58.5 Å². The number of aromatic nitrogens is 3. The molecule has 0 amide bonds. The third-order valence-corrected chi connectivity index (χ3v) is 5.50. The molecule has 0 saturated carbocycles. The number of benzene rings is 2. The number of ether oxygens (including phenoxy) is 1. The first kappa shape index (κ1) is 22.2. The van der Waals surface area contributed by atoms with E-state index in [1.807, 2.05) is 6.92 Å². The van der Waals surface area contributed by atoms with E-state index in [1.54, 1.807) is 24.3 Å². The highest BCUT2D eigenvalue weighted by Crippen LogP contribution is 2.27. The number of H-pyrrole nitrogens is 1. The van der Waals surface area contributed by atoms with E-state index in [2.05, 4.69) is 10.2 Å². The number of hydrogen-bond donors (Lipinski definition) is 2. The van der Waals surface area contributed by atoms with Gasteiger partial charge >= 0.3 is 5.69 Å². The first-order chi connectivity index (χ1) is 14.5. The summed E-state index contributed by atoms with van der Waals surface area (Å²) in [5.74, 6) is -0.469. The van der Waals surface area contributed by atoms with Gasteiger partial charge in [0.2, 0.25) is 0 Å². The molecule has 0 radical (unpaired) electrons. The predicted octanol–water partition coefficient (Wildman–Crippen LogP) is 3.52. The van der Waals surface area contributed by atoms with Crippen molar-refractivity contribution in [2.45, 2.75) is 37.3 Å². The number of hydrogen-bond acceptors (Lipinski definition) is 5. The predicted molar refractivity (Wildman–Crippen MR) is 110 cm³/mol. The molecule has 6 nitrogen and oxygen atoms in total. The van der Waals surface area contributed by atoms with Crippen molar-refractivity contribution in [1.29, 1.82) is 0 Å². The minimum Gasteiger partial charge on any atom is -0.390 e. The van der Waals surface area contributed by atoms with E-state index in [0.29, 0.717) is 22.8 Å². The maximum Gasteiger partial charge on any atom is 0.343 e. The summed E-state index contributed by atoms with van der Waals surface area (Å²) in [7, 11) is 0. The van der Waals surface area contributed by atoms with Gasteiger partial charge in [0.05, 0.1) is 12.7 Å². The topological polar surface area (TPSA) is 80.1 Å². The maximum absolute atomic E-state index is 13.3. The van der Waals surface area contributed by atoms with Crippen LogP contribution in [0.25, 0.3) is 0 Å². The quantitative estimate of drug-likeness (QED) is 0.477. The summed E-state index contributed by atoms with van der Waals surface area (Å²) >= 11 is 1.25. The van der Waals surface area contributed by atoms with E-state index in [9.17, 15) is 18.7 Å². The van der Waals surface area contributed by atoms with Gasteiger partial charge in [0.25, 0.3) is 0 Å². The molecule has 1 atom stereocenters. The van der Waals surface area contributed by atoms with Crippen LogP contribution in [0.4, 0.5) is 8.78 Å². The molecule has 1 unspecified atom stereocenters. The second kappa shape index (κ2) is 10.5. The number of aliphatic hydroxyl groups is 1. The minimum atomic E-state index is -0.833. The normalized spacial score (nSPS) is 12.4. The van der Waals surface area contributed by atoms with Gasteiger partial charge in [-0.2, -0.15) is 0 Å². The Bertz CT molecular complexity index is 944. The molecule has 9 heteroatoms. The van der Waals surface area contributed by atoms with Crippen LogP contribution in [0.2, 0.25) is 0 Å². The molecular formula is C21H23F2N3O3S. The van der Waals surface area contributed by atoms with Crippen LogP contribution < -0.4 is 5.69 Å². The second-order valence-corrected chi connectivity index (χ2v) is 7.73. The van der Waals surface area contributed by atoms with Crippen molar-refractivity contribution >= 4 is 11.8 Å². The van der Waals surface area contributed by atoms with E-state index in [0.717, 1.165) is 6.42 Å². The van der Waals surface area contributed by atoms with Gasteiger partial charge in [0.1, 0.15) is 17.7 Å². The molecule has 0 bridgehead atoms. The van der Waals surface area contributed by atoms with Crippen LogP contribution in [0.1, 0.15) is 30.6 Å². The lowest BCUT2D eigenvalue weighted by Gasteiger charge is -2.21. The highest BCUT2D eigenvalue weighted by atomic mass is 32.2. The lowest BCUT2D eigenvalue weighted by molar-refractivity contribution is 0.0154. The van der Waals surface area contributed by atoms with Crippen LogP contribution in [-0.2, 0) is 11.3 Å². The van der Waals surface area contributed by atoms with Crippen molar-refractivity contribution in [2.24, 2.45) is 0 Å². The fourth-order valence-corrected chi connectivity index (χ4v) is 3.80. The smallest absolute Gasteiger partial charge is 0.343 e. The average Bonchev–Trinajstić information content (AvgIpc) is 3.09. The third-order valence-electron chi connectivity index (χ3n) is 4.38. The molecule has 1 aromatic heterocycles. The Morgan fingerprint density at radius 2 is 1.67 bits per heavy atom. The molecule has 2 N–H and O–H groups in total. The van der Waals surface area contributed by atoms with Gasteiger partial charge in [-0.25, -0.2) is 18.7 Å². The second-order valence-electron chi connectivity index (χ2n) is 6.74. The summed E-state index contributed by atoms with van der Waals surface area (Å²) in [6.07, 6.45) is -0.634.